The summed E-state index contributed by atoms with van der Waals surface area (Å²) in [6.07, 6.45) is -3.73. The first-order valence-electron chi connectivity index (χ1n) is 31.0. The third-order valence-electron chi connectivity index (χ3n) is 18.0. The largest absolute Gasteiger partial charge is 0.469 e. The van der Waals surface area contributed by atoms with E-state index >= 15 is 0 Å². The molecule has 2 saturated heterocycles. The molecule has 462 valence electrons. The molecule has 9 rings (SSSR count). The summed E-state index contributed by atoms with van der Waals surface area (Å²) in [4.78, 5) is 42.0. The van der Waals surface area contributed by atoms with Crippen molar-refractivity contribution in [2.45, 2.75) is 185 Å². The van der Waals surface area contributed by atoms with E-state index in [0.717, 1.165) is 65.5 Å². The second-order valence-corrected chi connectivity index (χ2v) is 23.8. The minimum atomic E-state index is -1.53. The molecule has 2 saturated carbocycles. The highest BCUT2D eigenvalue weighted by Crippen LogP contribution is 2.44. The average Bonchev–Trinajstić information content (AvgIpc) is 1.39. The highest BCUT2D eigenvalue weighted by molar-refractivity contribution is 5.80. The van der Waals surface area contributed by atoms with Crippen molar-refractivity contribution in [3.8, 4) is 0 Å². The van der Waals surface area contributed by atoms with Crippen LogP contribution in [0.2, 0.25) is 0 Å². The second kappa shape index (κ2) is 31.2. The van der Waals surface area contributed by atoms with Gasteiger partial charge in [0.15, 0.2) is 18.4 Å². The number of aliphatic hydroxyl groups is 1. The fraction of sp³-hybridized carbons (Fsp3) is 0.507. The van der Waals surface area contributed by atoms with Gasteiger partial charge in [-0.05, 0) is 79.7 Å². The van der Waals surface area contributed by atoms with Crippen LogP contribution >= 0.6 is 0 Å². The highest BCUT2D eigenvalue weighted by atomic mass is 16.7. The molecule has 6 unspecified atom stereocenters. The van der Waals surface area contributed by atoms with E-state index in [1.807, 2.05) is 166 Å². The number of methoxy groups -OCH3 is 1. The molecule has 2 N–H and O–H groups in total. The van der Waals surface area contributed by atoms with Crippen molar-refractivity contribution in [2.24, 2.45) is 23.7 Å². The Kier molecular flexibility index (Phi) is 23.3. The minimum absolute atomic E-state index is 0.106. The average molecular weight is 1180 g/mol. The molecule has 2 aliphatic carbocycles. The molecular formula is C71H89NO14. The van der Waals surface area contributed by atoms with Crippen LogP contribution in [0.5, 0.6) is 0 Å². The normalized spacial score (nSPS) is 28.4. The van der Waals surface area contributed by atoms with Gasteiger partial charge in [0.1, 0.15) is 48.8 Å². The van der Waals surface area contributed by atoms with Gasteiger partial charge in [0, 0.05) is 5.92 Å². The standard InChI is InChI=1S/C71H89NO14/c1-8-39-78-70(76)72-61-65(83-58(48(5)73)40-50-25-15-10-16-26-50)62(74)60(45-81-71(55-31-21-13-22-32-55,56-33-23-14-24-34-56)57-37-35-46(3)36-38-57)85-68(61)84-59-42-54(67(75)77-7)41-53(9-2)64(59)86-69-66(80-44-52-29-19-12-20-30-52)63(47(4)49(6)82-69)79-43-51-27-17-11-18-28-51/h8,11-14,17-24,27-38,47,49-50,53-54,58-66,68-69,74H,1,9-10,15-16,25-26,39-45H2,2-7H3,(H,72,76)/t47-,49?,53-,54?,58+,59-,60+,61?,62+,63+,64?,65?,66?,68-,69+/m1/s1. The van der Waals surface area contributed by atoms with E-state index < -0.39 is 91.0 Å². The van der Waals surface area contributed by atoms with Gasteiger partial charge in [-0.3, -0.25) is 9.59 Å². The summed E-state index contributed by atoms with van der Waals surface area (Å²) in [5.41, 5.74) is 4.24. The van der Waals surface area contributed by atoms with Crippen LogP contribution in [0.4, 0.5) is 4.79 Å². The van der Waals surface area contributed by atoms with Crippen molar-refractivity contribution in [3.63, 3.8) is 0 Å². The van der Waals surface area contributed by atoms with Crippen molar-refractivity contribution in [3.05, 3.63) is 192 Å². The number of ether oxygens (including phenoxy) is 10. The van der Waals surface area contributed by atoms with Crippen LogP contribution in [0.15, 0.2) is 158 Å². The number of carbonyl (C=O) groups excluding carboxylic acids is 3. The van der Waals surface area contributed by atoms with E-state index in [-0.39, 0.29) is 55.9 Å². The molecular weight excluding hydrogens is 1090 g/mol. The molecule has 15 atom stereocenters. The van der Waals surface area contributed by atoms with Gasteiger partial charge >= 0.3 is 12.1 Å². The summed E-state index contributed by atoms with van der Waals surface area (Å²) in [5.74, 6) is -1.51. The fourth-order valence-corrected chi connectivity index (χ4v) is 13.1. The molecule has 1 amide bonds. The third-order valence-corrected chi connectivity index (χ3v) is 18.0. The van der Waals surface area contributed by atoms with E-state index in [2.05, 4.69) is 18.8 Å². The van der Waals surface area contributed by atoms with E-state index in [4.69, 9.17) is 47.4 Å². The molecule has 2 heterocycles. The van der Waals surface area contributed by atoms with Gasteiger partial charge in [-0.25, -0.2) is 4.79 Å². The molecule has 0 radical (unpaired) electrons. The Labute approximate surface area is 508 Å². The first-order chi connectivity index (χ1) is 41.8. The Morgan fingerprint density at radius 1 is 0.721 bits per heavy atom. The number of aliphatic hydroxyl groups excluding tert-OH is 1. The van der Waals surface area contributed by atoms with Crippen LogP contribution in [0, 0.1) is 30.6 Å². The predicted octanol–water partition coefficient (Wildman–Crippen LogP) is 11.9. The monoisotopic (exact) mass is 1180 g/mol. The maximum atomic E-state index is 14.1. The quantitative estimate of drug-likeness (QED) is 0.0304. The zero-order chi connectivity index (χ0) is 60.6. The zero-order valence-corrected chi connectivity index (χ0v) is 50.8. The van der Waals surface area contributed by atoms with Crippen LogP contribution in [-0.2, 0) is 75.8 Å². The molecule has 86 heavy (non-hydrogen) atoms. The lowest BCUT2D eigenvalue weighted by Gasteiger charge is -2.50. The summed E-state index contributed by atoms with van der Waals surface area (Å²) in [5, 5.41) is 16.1. The number of Topliss-reactive ketones (excluding diaryl/α,β-unsaturated/α-hetero) is 1. The molecule has 15 nitrogen and oxygen atoms in total. The SMILES string of the molecule is C=CCOC(=O)NC1C(O[C@@H](CC2CCCCC2)C(C)=O)[C@@H](O)[C@H](COC(c2ccccc2)(c2ccccc2)c2ccc(C)cc2)O[C@H]1O[C@@H]1CC(C(=O)OC)C[C@@H](CC)C1O[C@@H]1OC(C)[C@@H](C)[C@H](OCc2ccccc2)C1OCc1ccccc1. The first-order valence-corrected chi connectivity index (χ1v) is 31.0. The van der Waals surface area contributed by atoms with Crippen LogP contribution in [0.1, 0.15) is 119 Å². The molecule has 15 heteroatoms. The summed E-state index contributed by atoms with van der Waals surface area (Å²) in [6, 6.07) is 46.5. The number of nitrogens with one attached hydrogen (secondary N) is 1. The molecule has 4 fully saturated rings. The number of hydrogen-bond acceptors (Lipinski definition) is 14. The maximum absolute atomic E-state index is 14.1. The minimum Gasteiger partial charge on any atom is -0.469 e. The lowest BCUT2D eigenvalue weighted by atomic mass is 9.76. The smallest absolute Gasteiger partial charge is 0.407 e. The number of ketones is 1. The third kappa shape index (κ3) is 16.0. The number of rotatable bonds is 26. The molecule has 0 aromatic heterocycles. The number of amides is 1. The van der Waals surface area contributed by atoms with Crippen molar-refractivity contribution in [1.29, 1.82) is 0 Å². The van der Waals surface area contributed by atoms with Crippen molar-refractivity contribution >= 4 is 17.8 Å². The Hall–Kier alpha value is -6.11. The maximum Gasteiger partial charge on any atom is 0.407 e. The second-order valence-electron chi connectivity index (χ2n) is 23.8. The molecule has 0 bridgehead atoms. The number of benzene rings is 5. The fourth-order valence-electron chi connectivity index (χ4n) is 13.1. The number of hydrogen-bond donors (Lipinski definition) is 2. The summed E-state index contributed by atoms with van der Waals surface area (Å²) in [6.45, 7) is 13.6. The summed E-state index contributed by atoms with van der Waals surface area (Å²) >= 11 is 0. The molecule has 0 spiro atoms. The van der Waals surface area contributed by atoms with Crippen LogP contribution in [-0.4, -0.2) is 117 Å². The van der Waals surface area contributed by atoms with E-state index in [0.29, 0.717) is 25.9 Å². The lowest BCUT2D eigenvalue weighted by Crippen LogP contribution is -2.67. The predicted molar refractivity (Wildman–Crippen MR) is 325 cm³/mol. The topological polar surface area (TPSA) is 176 Å². The Morgan fingerprint density at radius 3 is 1.87 bits per heavy atom. The van der Waals surface area contributed by atoms with Gasteiger partial charge in [-0.2, -0.15) is 0 Å². The number of esters is 1. The Morgan fingerprint density at radius 2 is 1.30 bits per heavy atom. The van der Waals surface area contributed by atoms with E-state index in [1.54, 1.807) is 0 Å². The van der Waals surface area contributed by atoms with E-state index in [9.17, 15) is 19.5 Å². The van der Waals surface area contributed by atoms with Gasteiger partial charge < -0.3 is 57.8 Å². The van der Waals surface area contributed by atoms with Crippen LogP contribution in [0.25, 0.3) is 0 Å². The first kappa shape index (κ1) is 64.4. The molecule has 5 aromatic carbocycles. The van der Waals surface area contributed by atoms with Gasteiger partial charge in [0.05, 0.1) is 57.3 Å². The van der Waals surface area contributed by atoms with E-state index in [1.165, 1.54) is 20.1 Å². The highest BCUT2D eigenvalue weighted by Gasteiger charge is 2.54. The number of carbonyl (C=O) groups is 3. The summed E-state index contributed by atoms with van der Waals surface area (Å²) in [7, 11) is 1.37. The van der Waals surface area contributed by atoms with Crippen molar-refractivity contribution in [1.82, 2.24) is 5.32 Å². The Bertz CT molecular complexity index is 2830. The number of alkyl carbamates (subject to hydrolysis) is 1. The molecule has 4 aliphatic rings. The van der Waals surface area contributed by atoms with Crippen LogP contribution < -0.4 is 5.32 Å². The lowest BCUT2D eigenvalue weighted by molar-refractivity contribution is -0.343. The molecule has 5 aromatic rings. The van der Waals surface area contributed by atoms with Gasteiger partial charge in [-0.15, -0.1) is 0 Å². The van der Waals surface area contributed by atoms with Crippen LogP contribution in [0.3, 0.4) is 0 Å². The Balaban J connectivity index is 1.13. The van der Waals surface area contributed by atoms with Gasteiger partial charge in [0.25, 0.3) is 0 Å². The van der Waals surface area contributed by atoms with Crippen molar-refractivity contribution < 1.29 is 66.9 Å². The van der Waals surface area contributed by atoms with Gasteiger partial charge in [0.2, 0.25) is 0 Å². The molecule has 2 aliphatic heterocycles. The van der Waals surface area contributed by atoms with Crippen molar-refractivity contribution in [2.75, 3.05) is 20.3 Å². The number of aryl methyl sites for hydroxylation is 1. The summed E-state index contributed by atoms with van der Waals surface area (Å²) < 4.78 is 68.0. The van der Waals surface area contributed by atoms with Gasteiger partial charge in [-0.1, -0.05) is 216 Å². The zero-order valence-electron chi connectivity index (χ0n) is 50.8.